The maximum Gasteiger partial charge on any atom is 0.284 e. The van der Waals surface area contributed by atoms with Crippen LogP contribution in [0.5, 0.6) is 5.75 Å². The summed E-state index contributed by atoms with van der Waals surface area (Å²) in [6.45, 7) is 1.64. The van der Waals surface area contributed by atoms with Gasteiger partial charge in [-0.2, -0.15) is 5.10 Å². The number of hydrazone groups is 1. The van der Waals surface area contributed by atoms with Crippen LogP contribution in [-0.4, -0.2) is 47.1 Å². The van der Waals surface area contributed by atoms with Crippen LogP contribution in [0.1, 0.15) is 52.5 Å². The number of rotatable bonds is 6. The van der Waals surface area contributed by atoms with Crippen molar-refractivity contribution in [3.8, 4) is 5.75 Å². The van der Waals surface area contributed by atoms with Crippen LogP contribution in [0.15, 0.2) is 77.2 Å². The molecule has 7 heteroatoms. The van der Waals surface area contributed by atoms with Crippen molar-refractivity contribution in [2.75, 3.05) is 19.7 Å². The van der Waals surface area contributed by atoms with Crippen LogP contribution in [-0.2, 0) is 4.79 Å². The molecule has 0 bridgehead atoms. The lowest BCUT2D eigenvalue weighted by Crippen LogP contribution is -2.38. The van der Waals surface area contributed by atoms with Gasteiger partial charge in [-0.1, -0.05) is 48.5 Å². The fourth-order valence-electron chi connectivity index (χ4n) is 4.47. The highest BCUT2D eigenvalue weighted by atomic mass is 32.1. The predicted molar refractivity (Wildman–Crippen MR) is 133 cm³/mol. The Hall–Kier alpha value is -3.45. The zero-order valence-electron chi connectivity index (χ0n) is 18.9. The normalized spacial score (nSPS) is 18.0. The quantitative estimate of drug-likeness (QED) is 0.499. The third kappa shape index (κ3) is 4.89. The lowest BCUT2D eigenvalue weighted by molar-refractivity contribution is -0.134. The van der Waals surface area contributed by atoms with E-state index in [1.165, 1.54) is 17.8 Å². The summed E-state index contributed by atoms with van der Waals surface area (Å²) in [6, 6.07) is 21.1. The van der Waals surface area contributed by atoms with Crippen molar-refractivity contribution >= 4 is 28.9 Å². The van der Waals surface area contributed by atoms with Gasteiger partial charge in [-0.3, -0.25) is 9.59 Å². The lowest BCUT2D eigenvalue weighted by Gasteiger charge is -2.26. The molecule has 174 valence electrons. The summed E-state index contributed by atoms with van der Waals surface area (Å²) in [4.78, 5) is 28.3. The minimum absolute atomic E-state index is 0.0233. The number of thiophene rings is 1. The molecular formula is C27H27N3O3S. The van der Waals surface area contributed by atoms with E-state index in [2.05, 4.69) is 0 Å². The molecule has 1 atom stereocenters. The average molecular weight is 474 g/mol. The molecule has 1 saturated heterocycles. The first-order valence-corrected chi connectivity index (χ1v) is 12.6. The number of hydrogen-bond acceptors (Lipinski definition) is 5. The first-order valence-electron chi connectivity index (χ1n) is 11.7. The van der Waals surface area contributed by atoms with Crippen molar-refractivity contribution in [2.45, 2.75) is 31.7 Å². The van der Waals surface area contributed by atoms with Gasteiger partial charge in [0.1, 0.15) is 5.75 Å². The molecule has 2 amide bonds. The molecule has 0 radical (unpaired) electrons. The van der Waals surface area contributed by atoms with Gasteiger partial charge < -0.3 is 9.64 Å². The van der Waals surface area contributed by atoms with Gasteiger partial charge in [0, 0.05) is 19.5 Å². The maximum absolute atomic E-state index is 13.3. The Morgan fingerprint density at radius 1 is 0.971 bits per heavy atom. The number of amides is 2. The third-order valence-electron chi connectivity index (χ3n) is 6.27. The van der Waals surface area contributed by atoms with Gasteiger partial charge in [0.15, 0.2) is 6.61 Å². The van der Waals surface area contributed by atoms with E-state index < -0.39 is 0 Å². The second kappa shape index (κ2) is 10.2. The van der Waals surface area contributed by atoms with E-state index >= 15 is 0 Å². The fraction of sp³-hybridized carbons (Fsp3) is 0.296. The Kier molecular flexibility index (Phi) is 6.72. The smallest absolute Gasteiger partial charge is 0.284 e. The SMILES string of the molecule is O=C(COc1cccc([C@@H]2CC(c3ccccc3)=NN2C(=O)c2cccs2)c1)N1CCCCC1. The number of piperidine rings is 1. The Bertz CT molecular complexity index is 1170. The van der Waals surface area contributed by atoms with Gasteiger partial charge in [-0.05, 0) is 54.0 Å². The predicted octanol–water partition coefficient (Wildman–Crippen LogP) is 5.13. The van der Waals surface area contributed by atoms with Gasteiger partial charge in [-0.15, -0.1) is 11.3 Å². The average Bonchev–Trinajstić information content (AvgIpc) is 3.59. The molecule has 2 aliphatic rings. The number of carbonyl (C=O) groups is 2. The highest BCUT2D eigenvalue weighted by Crippen LogP contribution is 2.35. The van der Waals surface area contributed by atoms with E-state index in [0.29, 0.717) is 17.0 Å². The fourth-order valence-corrected chi connectivity index (χ4v) is 5.12. The van der Waals surface area contributed by atoms with E-state index in [4.69, 9.17) is 9.84 Å². The van der Waals surface area contributed by atoms with Crippen LogP contribution in [0.2, 0.25) is 0 Å². The molecule has 2 aliphatic heterocycles. The van der Waals surface area contributed by atoms with Gasteiger partial charge in [0.05, 0.1) is 16.6 Å². The van der Waals surface area contributed by atoms with Crippen molar-refractivity contribution < 1.29 is 14.3 Å². The zero-order valence-corrected chi connectivity index (χ0v) is 19.7. The lowest BCUT2D eigenvalue weighted by atomic mass is 9.98. The van der Waals surface area contributed by atoms with Crippen molar-refractivity contribution in [2.24, 2.45) is 5.10 Å². The second-order valence-electron chi connectivity index (χ2n) is 8.56. The molecule has 0 N–H and O–H groups in total. The first-order chi connectivity index (χ1) is 16.7. The Morgan fingerprint density at radius 2 is 1.79 bits per heavy atom. The summed E-state index contributed by atoms with van der Waals surface area (Å²) in [5, 5.41) is 8.23. The van der Waals surface area contributed by atoms with Crippen molar-refractivity contribution in [3.05, 3.63) is 88.1 Å². The highest BCUT2D eigenvalue weighted by Gasteiger charge is 2.34. The topological polar surface area (TPSA) is 62.2 Å². The number of carbonyl (C=O) groups excluding carboxylic acids is 2. The van der Waals surface area contributed by atoms with Crippen molar-refractivity contribution in [3.63, 3.8) is 0 Å². The second-order valence-corrected chi connectivity index (χ2v) is 9.51. The molecule has 6 nitrogen and oxygen atoms in total. The standard InChI is InChI=1S/C27H27N3O3S/c31-26(29-14-5-2-6-15-29)19-33-22-12-7-11-21(17-22)24-18-23(20-9-3-1-4-10-20)28-30(24)27(32)25-13-8-16-34-25/h1,3-4,7-13,16-17,24H,2,5-6,14-15,18-19H2/t24-/m0/s1. The first kappa shape index (κ1) is 22.3. The van der Waals surface area contributed by atoms with Crippen LogP contribution in [0, 0.1) is 0 Å². The third-order valence-corrected chi connectivity index (χ3v) is 7.13. The molecule has 0 spiro atoms. The van der Waals surface area contributed by atoms with Crippen LogP contribution < -0.4 is 4.74 Å². The van der Waals surface area contributed by atoms with E-state index in [1.807, 2.05) is 77.0 Å². The molecule has 1 aromatic heterocycles. The van der Waals surface area contributed by atoms with Gasteiger partial charge in [0.25, 0.3) is 11.8 Å². The molecule has 3 heterocycles. The van der Waals surface area contributed by atoms with Crippen LogP contribution in [0.3, 0.4) is 0 Å². The molecule has 34 heavy (non-hydrogen) atoms. The molecule has 0 aliphatic carbocycles. The van der Waals surface area contributed by atoms with E-state index in [9.17, 15) is 9.59 Å². The maximum atomic E-state index is 13.3. The molecule has 0 unspecified atom stereocenters. The monoisotopic (exact) mass is 473 g/mol. The van der Waals surface area contributed by atoms with Crippen LogP contribution in [0.25, 0.3) is 0 Å². The van der Waals surface area contributed by atoms with Gasteiger partial charge in [0.2, 0.25) is 0 Å². The molecule has 1 fully saturated rings. The van der Waals surface area contributed by atoms with E-state index in [-0.39, 0.29) is 24.5 Å². The Balaban J connectivity index is 1.35. The minimum Gasteiger partial charge on any atom is -0.484 e. The molecule has 3 aromatic rings. The summed E-state index contributed by atoms with van der Waals surface area (Å²) in [5.74, 6) is 0.534. The zero-order chi connectivity index (χ0) is 23.3. The largest absolute Gasteiger partial charge is 0.484 e. The van der Waals surface area contributed by atoms with Crippen LogP contribution in [0.4, 0.5) is 0 Å². The Labute approximate surface area is 203 Å². The highest BCUT2D eigenvalue weighted by molar-refractivity contribution is 7.12. The molecule has 0 saturated carbocycles. The number of benzene rings is 2. The molecular weight excluding hydrogens is 446 g/mol. The van der Waals surface area contributed by atoms with Crippen LogP contribution >= 0.6 is 11.3 Å². The number of likely N-dealkylation sites (tertiary alicyclic amines) is 1. The number of ether oxygens (including phenoxy) is 1. The minimum atomic E-state index is -0.244. The van der Waals surface area contributed by atoms with E-state index in [0.717, 1.165) is 42.8 Å². The number of nitrogens with zero attached hydrogens (tertiary/aromatic N) is 3. The van der Waals surface area contributed by atoms with E-state index in [1.54, 1.807) is 5.01 Å². The summed E-state index contributed by atoms with van der Waals surface area (Å²) >= 11 is 1.41. The molecule has 2 aromatic carbocycles. The summed E-state index contributed by atoms with van der Waals surface area (Å²) in [7, 11) is 0. The Morgan fingerprint density at radius 3 is 2.56 bits per heavy atom. The number of hydrogen-bond donors (Lipinski definition) is 0. The van der Waals surface area contributed by atoms with Crippen molar-refractivity contribution in [1.29, 1.82) is 0 Å². The van der Waals surface area contributed by atoms with Crippen molar-refractivity contribution in [1.82, 2.24) is 9.91 Å². The summed E-state index contributed by atoms with van der Waals surface area (Å²) < 4.78 is 5.87. The summed E-state index contributed by atoms with van der Waals surface area (Å²) in [5.41, 5.74) is 2.82. The van der Waals surface area contributed by atoms with Gasteiger partial charge in [-0.25, -0.2) is 5.01 Å². The summed E-state index contributed by atoms with van der Waals surface area (Å²) in [6.07, 6.45) is 3.90. The van der Waals surface area contributed by atoms with Gasteiger partial charge >= 0.3 is 0 Å². The molecule has 5 rings (SSSR count).